The number of amides is 3. The van der Waals surface area contributed by atoms with Crippen molar-refractivity contribution in [3.63, 3.8) is 0 Å². The molecule has 0 radical (unpaired) electrons. The lowest BCUT2D eigenvalue weighted by Gasteiger charge is -2.39. The second kappa shape index (κ2) is 15.6. The van der Waals surface area contributed by atoms with Gasteiger partial charge in [0.15, 0.2) is 0 Å². The van der Waals surface area contributed by atoms with Gasteiger partial charge in [-0.3, -0.25) is 19.3 Å². The smallest absolute Gasteiger partial charge is 0.242 e. The molecule has 216 valence electrons. The molecule has 0 aromatic carbocycles. The third-order valence-electron chi connectivity index (χ3n) is 7.93. The van der Waals surface area contributed by atoms with Crippen LogP contribution in [0.5, 0.6) is 0 Å². The number of nitrogens with zero attached hydrogens (tertiary/aromatic N) is 3. The molecule has 0 aromatic rings. The summed E-state index contributed by atoms with van der Waals surface area (Å²) in [5.41, 5.74) is 0. The molecular weight excluding hydrogens is 472 g/mol. The first-order valence-corrected chi connectivity index (χ1v) is 13.9. The largest absolute Gasteiger partial charge is 0.379 e. The van der Waals surface area contributed by atoms with Crippen molar-refractivity contribution in [2.45, 2.75) is 97.6 Å². The summed E-state index contributed by atoms with van der Waals surface area (Å²) in [6.45, 7) is 13.0. The van der Waals surface area contributed by atoms with E-state index in [0.717, 1.165) is 19.3 Å². The van der Waals surface area contributed by atoms with Gasteiger partial charge in [0.05, 0.1) is 43.3 Å². The summed E-state index contributed by atoms with van der Waals surface area (Å²) in [6.07, 6.45) is 2.43. The maximum atomic E-state index is 13.5. The van der Waals surface area contributed by atoms with Crippen LogP contribution in [0.25, 0.3) is 0 Å². The fourth-order valence-electron chi connectivity index (χ4n) is 5.88. The Kier molecular flexibility index (Phi) is 14.1. The first kappa shape index (κ1) is 33.3. The summed E-state index contributed by atoms with van der Waals surface area (Å²) in [4.78, 5) is 45.0. The first-order chi connectivity index (χ1) is 17.3. The Morgan fingerprint density at radius 3 is 2.08 bits per heavy atom. The molecule has 0 aromatic heterocycles. The van der Waals surface area contributed by atoms with Crippen molar-refractivity contribution in [2.24, 2.45) is 17.8 Å². The second-order valence-electron chi connectivity index (χ2n) is 11.5. The Morgan fingerprint density at radius 1 is 1.00 bits per heavy atom. The van der Waals surface area contributed by atoms with Gasteiger partial charge >= 0.3 is 0 Å². The molecule has 3 amide bonds. The van der Waals surface area contributed by atoms with E-state index in [1.165, 1.54) is 0 Å². The molecule has 9 nitrogen and oxygen atoms in total. The molecule has 0 saturated carbocycles. The number of carbonyl (C=O) groups is 3. The predicted molar refractivity (Wildman–Crippen MR) is 147 cm³/mol. The van der Waals surface area contributed by atoms with E-state index < -0.39 is 6.10 Å². The lowest BCUT2D eigenvalue weighted by atomic mass is 9.90. The molecule has 9 heteroatoms. The van der Waals surface area contributed by atoms with Crippen molar-refractivity contribution in [1.82, 2.24) is 20.0 Å². The number of methoxy groups -OCH3 is 2. The third kappa shape index (κ3) is 8.93. The quantitative estimate of drug-likeness (QED) is 0.353. The highest BCUT2D eigenvalue weighted by molar-refractivity contribution is 5.87. The van der Waals surface area contributed by atoms with Gasteiger partial charge in [0.25, 0.3) is 0 Å². The minimum atomic E-state index is -0.460. The van der Waals surface area contributed by atoms with Gasteiger partial charge in [-0.15, -0.1) is 0 Å². The molecule has 0 bridgehead atoms. The highest BCUT2D eigenvalue weighted by Crippen LogP contribution is 2.28. The molecule has 1 heterocycles. The van der Waals surface area contributed by atoms with E-state index in [0.29, 0.717) is 12.5 Å². The van der Waals surface area contributed by atoms with Crippen molar-refractivity contribution in [2.75, 3.05) is 48.5 Å². The molecule has 1 aliphatic rings. The highest BCUT2D eigenvalue weighted by atomic mass is 16.5. The van der Waals surface area contributed by atoms with E-state index in [2.05, 4.69) is 33.0 Å². The molecule has 37 heavy (non-hydrogen) atoms. The van der Waals surface area contributed by atoms with Crippen molar-refractivity contribution in [3.05, 3.63) is 0 Å². The van der Waals surface area contributed by atoms with Gasteiger partial charge in [-0.1, -0.05) is 48.0 Å². The van der Waals surface area contributed by atoms with Gasteiger partial charge in [0.2, 0.25) is 17.7 Å². The van der Waals surface area contributed by atoms with Gasteiger partial charge in [-0.25, -0.2) is 0 Å². The highest BCUT2D eigenvalue weighted by Gasteiger charge is 2.40. The van der Waals surface area contributed by atoms with Gasteiger partial charge in [-0.05, 0) is 44.7 Å². The van der Waals surface area contributed by atoms with E-state index in [9.17, 15) is 14.4 Å². The molecule has 1 N–H and O–H groups in total. The lowest BCUT2D eigenvalue weighted by Crippen LogP contribution is -2.55. The van der Waals surface area contributed by atoms with Crippen LogP contribution in [0.3, 0.4) is 0 Å². The normalized spacial score (nSPS) is 20.2. The standard InChI is InChI=1S/C28H54N4O5/c1-12-20(6)26(31(9)24(34)17-29-28(35)25(18(2)3)30(7)8)22(36-10)16-23(33)32-15-13-14-21(32)27(37-11)19(4)5/h18-22,25-27H,12-17H2,1-11H3,(H,29,35)/t20-,21-,22+,25?,26?,27+/m0/s1. The Bertz CT molecular complexity index is 721. The summed E-state index contributed by atoms with van der Waals surface area (Å²) < 4.78 is 11.6. The zero-order valence-corrected chi connectivity index (χ0v) is 25.2. The van der Waals surface area contributed by atoms with E-state index in [1.807, 2.05) is 37.7 Å². The number of hydrogen-bond donors (Lipinski definition) is 1. The Labute approximate surface area is 225 Å². The van der Waals surface area contributed by atoms with Crippen molar-refractivity contribution < 1.29 is 23.9 Å². The number of likely N-dealkylation sites (tertiary alicyclic amines) is 1. The minimum Gasteiger partial charge on any atom is -0.379 e. The number of likely N-dealkylation sites (N-methyl/N-ethyl adjacent to an activating group) is 2. The molecular formula is C28H54N4O5. The van der Waals surface area contributed by atoms with Crippen molar-refractivity contribution in [1.29, 1.82) is 0 Å². The van der Waals surface area contributed by atoms with Crippen molar-refractivity contribution in [3.8, 4) is 0 Å². The predicted octanol–water partition coefficient (Wildman–Crippen LogP) is 2.63. The Morgan fingerprint density at radius 2 is 1.62 bits per heavy atom. The van der Waals surface area contributed by atoms with E-state index in [1.54, 1.807) is 26.2 Å². The SMILES string of the molecule is CC[C@H](C)C([C@@H](CC(=O)N1CCC[C@H]1[C@H](OC)C(C)C)OC)N(C)C(=O)CNC(=O)C(C(C)C)N(C)C. The van der Waals surface area contributed by atoms with Crippen LogP contribution in [-0.2, 0) is 23.9 Å². The van der Waals surface area contributed by atoms with Crippen LogP contribution >= 0.6 is 0 Å². The summed E-state index contributed by atoms with van der Waals surface area (Å²) in [5, 5.41) is 2.81. The van der Waals surface area contributed by atoms with Crippen LogP contribution in [0.4, 0.5) is 0 Å². The van der Waals surface area contributed by atoms with Crippen LogP contribution in [0, 0.1) is 17.8 Å². The molecule has 0 spiro atoms. The molecule has 1 rings (SSSR count). The fraction of sp³-hybridized carbons (Fsp3) is 0.893. The van der Waals surface area contributed by atoms with Crippen LogP contribution in [0.1, 0.15) is 67.2 Å². The fourth-order valence-corrected chi connectivity index (χ4v) is 5.88. The minimum absolute atomic E-state index is 0.0116. The summed E-state index contributed by atoms with van der Waals surface area (Å²) >= 11 is 0. The monoisotopic (exact) mass is 526 g/mol. The zero-order chi connectivity index (χ0) is 28.4. The zero-order valence-electron chi connectivity index (χ0n) is 25.2. The Balaban J connectivity index is 3.00. The molecule has 6 atom stereocenters. The van der Waals surface area contributed by atoms with E-state index in [-0.39, 0.29) is 66.8 Å². The van der Waals surface area contributed by atoms with Crippen LogP contribution < -0.4 is 5.32 Å². The lowest BCUT2D eigenvalue weighted by molar-refractivity contribution is -0.144. The first-order valence-electron chi connectivity index (χ1n) is 13.9. The van der Waals surface area contributed by atoms with E-state index in [4.69, 9.17) is 9.47 Å². The van der Waals surface area contributed by atoms with Crippen LogP contribution in [0.2, 0.25) is 0 Å². The summed E-state index contributed by atoms with van der Waals surface area (Å²) in [6, 6.07) is -0.567. The maximum Gasteiger partial charge on any atom is 0.242 e. The molecule has 1 saturated heterocycles. The summed E-state index contributed by atoms with van der Waals surface area (Å²) in [5.74, 6) is 0.180. The molecule has 0 aliphatic carbocycles. The van der Waals surface area contributed by atoms with Crippen molar-refractivity contribution >= 4 is 17.7 Å². The van der Waals surface area contributed by atoms with Gasteiger partial charge in [0.1, 0.15) is 0 Å². The maximum absolute atomic E-state index is 13.5. The average Bonchev–Trinajstić information content (AvgIpc) is 3.30. The molecule has 1 fully saturated rings. The Hall–Kier alpha value is -1.71. The number of hydrogen-bond acceptors (Lipinski definition) is 6. The number of ether oxygens (including phenoxy) is 2. The second-order valence-corrected chi connectivity index (χ2v) is 11.5. The molecule has 2 unspecified atom stereocenters. The number of rotatable bonds is 15. The topological polar surface area (TPSA) is 91.4 Å². The van der Waals surface area contributed by atoms with Crippen LogP contribution in [0.15, 0.2) is 0 Å². The number of carbonyl (C=O) groups excluding carboxylic acids is 3. The third-order valence-corrected chi connectivity index (χ3v) is 7.93. The average molecular weight is 527 g/mol. The van der Waals surface area contributed by atoms with Gasteiger partial charge in [-0.2, -0.15) is 0 Å². The summed E-state index contributed by atoms with van der Waals surface area (Å²) in [7, 11) is 8.78. The van der Waals surface area contributed by atoms with E-state index >= 15 is 0 Å². The van der Waals surface area contributed by atoms with Gasteiger partial charge < -0.3 is 24.6 Å². The molecule has 1 aliphatic heterocycles. The van der Waals surface area contributed by atoms with Crippen LogP contribution in [-0.4, -0.2) is 111 Å². The van der Waals surface area contributed by atoms with Gasteiger partial charge in [0, 0.05) is 27.8 Å². The number of nitrogens with one attached hydrogen (secondary N) is 1.